The molecule has 0 fully saturated rings. The van der Waals surface area contributed by atoms with Crippen LogP contribution in [-0.2, 0) is 29.4 Å². The Morgan fingerprint density at radius 1 is 0.837 bits per heavy atom. The first-order valence-corrected chi connectivity index (χ1v) is 14.6. The molecule has 0 aliphatic carbocycles. The molecule has 0 spiro atoms. The van der Waals surface area contributed by atoms with Crippen molar-refractivity contribution in [3.05, 3.63) is 107 Å². The molecule has 4 aromatic rings. The van der Waals surface area contributed by atoms with Crippen molar-refractivity contribution in [2.75, 3.05) is 19.6 Å². The predicted octanol–water partition coefficient (Wildman–Crippen LogP) is 7.85. The molecule has 0 radical (unpaired) electrons. The quantitative estimate of drug-likeness (QED) is 0.204. The zero-order valence-electron chi connectivity index (χ0n) is 25.5. The minimum atomic E-state index is -4.44. The van der Waals surface area contributed by atoms with E-state index in [1.807, 2.05) is 56.4 Å². The van der Waals surface area contributed by atoms with Gasteiger partial charge in [-0.25, -0.2) is 0 Å². The number of alkyl halides is 3. The van der Waals surface area contributed by atoms with Crippen LogP contribution >= 0.6 is 0 Å². The fraction of sp³-hybridized carbons (Fsp3) is 0.371. The SMILES string of the molecule is CC(C)CN(CC(=O)N(CCc1c[nH]c2ccccc12)Cc1ccc(C(F)(F)F)cc1)C(=O)c1ccc(C(C)(C)C)cc1. The van der Waals surface area contributed by atoms with E-state index in [0.29, 0.717) is 30.6 Å². The topological polar surface area (TPSA) is 56.4 Å². The van der Waals surface area contributed by atoms with Crippen LogP contribution in [-0.4, -0.2) is 46.2 Å². The van der Waals surface area contributed by atoms with Crippen LogP contribution in [0.4, 0.5) is 13.2 Å². The number of fused-ring (bicyclic) bond motifs is 1. The summed E-state index contributed by atoms with van der Waals surface area (Å²) < 4.78 is 39.5. The molecule has 1 aromatic heterocycles. The standard InChI is InChI=1S/C35H40F3N3O2/c1-24(2)21-41(33(43)26-12-16-28(17-13-26)34(3,4)5)23-32(42)40(22-25-10-14-29(15-11-25)35(36,37)38)19-18-27-20-39-31-9-7-6-8-30(27)31/h6-17,20,24,39H,18-19,21-23H2,1-5H3. The molecular weight excluding hydrogens is 551 g/mol. The third-order valence-electron chi connectivity index (χ3n) is 7.53. The molecule has 228 valence electrons. The lowest BCUT2D eigenvalue weighted by Gasteiger charge is -2.29. The number of hydrogen-bond donors (Lipinski definition) is 1. The van der Waals surface area contributed by atoms with Gasteiger partial charge in [-0.1, -0.05) is 77.1 Å². The van der Waals surface area contributed by atoms with E-state index in [1.54, 1.807) is 21.9 Å². The summed E-state index contributed by atoms with van der Waals surface area (Å²) >= 11 is 0. The van der Waals surface area contributed by atoms with E-state index >= 15 is 0 Å². The molecule has 0 aliphatic rings. The first-order chi connectivity index (χ1) is 20.2. The molecule has 0 saturated carbocycles. The highest BCUT2D eigenvalue weighted by atomic mass is 19.4. The number of carbonyl (C=O) groups excluding carboxylic acids is 2. The Morgan fingerprint density at radius 3 is 2.07 bits per heavy atom. The Labute approximate surface area is 251 Å². The van der Waals surface area contributed by atoms with Crippen molar-refractivity contribution in [2.45, 2.75) is 59.2 Å². The summed E-state index contributed by atoms with van der Waals surface area (Å²) in [6.45, 7) is 11.0. The lowest BCUT2D eigenvalue weighted by atomic mass is 9.86. The number of halogens is 3. The minimum absolute atomic E-state index is 0.0568. The van der Waals surface area contributed by atoms with E-state index in [2.05, 4.69) is 25.8 Å². The Hall–Kier alpha value is -4.07. The van der Waals surface area contributed by atoms with Gasteiger partial charge in [0.25, 0.3) is 5.91 Å². The van der Waals surface area contributed by atoms with Crippen LogP contribution in [0.2, 0.25) is 0 Å². The Balaban J connectivity index is 1.57. The molecule has 0 atom stereocenters. The van der Waals surface area contributed by atoms with Gasteiger partial charge >= 0.3 is 6.18 Å². The van der Waals surface area contributed by atoms with E-state index < -0.39 is 11.7 Å². The van der Waals surface area contributed by atoms with Gasteiger partial charge in [0.1, 0.15) is 6.54 Å². The van der Waals surface area contributed by atoms with Gasteiger partial charge in [0.15, 0.2) is 0 Å². The number of benzene rings is 3. The van der Waals surface area contributed by atoms with Crippen LogP contribution in [0.1, 0.15) is 67.2 Å². The maximum absolute atomic E-state index is 13.9. The summed E-state index contributed by atoms with van der Waals surface area (Å²) in [6.07, 6.45) is -1.98. The second-order valence-corrected chi connectivity index (χ2v) is 12.5. The summed E-state index contributed by atoms with van der Waals surface area (Å²) in [5, 5.41) is 1.06. The van der Waals surface area contributed by atoms with E-state index in [-0.39, 0.29) is 36.2 Å². The number of H-pyrrole nitrogens is 1. The van der Waals surface area contributed by atoms with Crippen molar-refractivity contribution < 1.29 is 22.8 Å². The lowest BCUT2D eigenvalue weighted by Crippen LogP contribution is -2.44. The normalized spacial score (nSPS) is 12.1. The van der Waals surface area contributed by atoms with Crippen LogP contribution in [0, 0.1) is 5.92 Å². The van der Waals surface area contributed by atoms with Crippen molar-refractivity contribution in [3.63, 3.8) is 0 Å². The average molecular weight is 592 g/mol. The van der Waals surface area contributed by atoms with Crippen LogP contribution in [0.15, 0.2) is 79.0 Å². The van der Waals surface area contributed by atoms with Crippen LogP contribution in [0.25, 0.3) is 10.9 Å². The number of para-hydroxylation sites is 1. The van der Waals surface area contributed by atoms with Gasteiger partial charge in [-0.3, -0.25) is 9.59 Å². The van der Waals surface area contributed by atoms with Crippen molar-refractivity contribution >= 4 is 22.7 Å². The van der Waals surface area contributed by atoms with Crippen LogP contribution in [0.3, 0.4) is 0 Å². The number of aromatic nitrogens is 1. The van der Waals surface area contributed by atoms with Gasteiger partial charge in [0.05, 0.1) is 5.56 Å². The van der Waals surface area contributed by atoms with Crippen molar-refractivity contribution in [3.8, 4) is 0 Å². The second kappa shape index (κ2) is 13.1. The number of nitrogens with one attached hydrogen (secondary N) is 1. The van der Waals surface area contributed by atoms with Crippen LogP contribution in [0.5, 0.6) is 0 Å². The first-order valence-electron chi connectivity index (χ1n) is 14.6. The molecule has 3 aromatic carbocycles. The Morgan fingerprint density at radius 2 is 1.47 bits per heavy atom. The van der Waals surface area contributed by atoms with Crippen LogP contribution < -0.4 is 0 Å². The number of hydrogen-bond acceptors (Lipinski definition) is 2. The molecule has 1 N–H and O–H groups in total. The maximum atomic E-state index is 13.9. The number of carbonyl (C=O) groups is 2. The fourth-order valence-electron chi connectivity index (χ4n) is 5.12. The fourth-order valence-corrected chi connectivity index (χ4v) is 5.12. The van der Waals surface area contributed by atoms with Gasteiger partial charge in [-0.15, -0.1) is 0 Å². The molecule has 0 saturated heterocycles. The highest BCUT2D eigenvalue weighted by molar-refractivity contribution is 5.96. The van der Waals surface area contributed by atoms with E-state index in [1.165, 1.54) is 12.1 Å². The highest BCUT2D eigenvalue weighted by Gasteiger charge is 2.30. The van der Waals surface area contributed by atoms with Crippen molar-refractivity contribution in [2.24, 2.45) is 5.92 Å². The minimum Gasteiger partial charge on any atom is -0.361 e. The zero-order valence-corrected chi connectivity index (χ0v) is 25.5. The molecule has 0 unspecified atom stereocenters. The molecular formula is C35H40F3N3O2. The average Bonchev–Trinajstić information content (AvgIpc) is 3.36. The first kappa shape index (κ1) is 31.9. The van der Waals surface area contributed by atoms with Crippen molar-refractivity contribution in [1.29, 1.82) is 0 Å². The third kappa shape index (κ3) is 8.27. The predicted molar refractivity (Wildman–Crippen MR) is 165 cm³/mol. The number of nitrogens with zero attached hydrogens (tertiary/aromatic N) is 2. The molecule has 5 nitrogen and oxygen atoms in total. The summed E-state index contributed by atoms with van der Waals surface area (Å²) in [6, 6.07) is 20.3. The third-order valence-corrected chi connectivity index (χ3v) is 7.53. The molecule has 0 aliphatic heterocycles. The largest absolute Gasteiger partial charge is 0.416 e. The molecule has 0 bridgehead atoms. The van der Waals surface area contributed by atoms with E-state index in [9.17, 15) is 22.8 Å². The molecule has 2 amide bonds. The summed E-state index contributed by atoms with van der Waals surface area (Å²) in [7, 11) is 0. The monoisotopic (exact) mass is 591 g/mol. The molecule has 4 rings (SSSR count). The number of rotatable bonds is 10. The smallest absolute Gasteiger partial charge is 0.361 e. The zero-order chi connectivity index (χ0) is 31.4. The molecule has 8 heteroatoms. The summed E-state index contributed by atoms with van der Waals surface area (Å²) in [5.74, 6) is -0.367. The van der Waals surface area contributed by atoms with Gasteiger partial charge in [0, 0.05) is 42.3 Å². The van der Waals surface area contributed by atoms with Gasteiger partial charge in [-0.05, 0) is 64.8 Å². The highest BCUT2D eigenvalue weighted by Crippen LogP contribution is 2.29. The number of amides is 2. The van der Waals surface area contributed by atoms with Gasteiger partial charge in [-0.2, -0.15) is 13.2 Å². The van der Waals surface area contributed by atoms with E-state index in [0.717, 1.165) is 34.2 Å². The second-order valence-electron chi connectivity index (χ2n) is 12.5. The summed E-state index contributed by atoms with van der Waals surface area (Å²) in [4.78, 5) is 33.9. The number of aromatic amines is 1. The van der Waals surface area contributed by atoms with E-state index in [4.69, 9.17) is 0 Å². The Bertz CT molecular complexity index is 1530. The Kier molecular flexibility index (Phi) is 9.68. The summed E-state index contributed by atoms with van der Waals surface area (Å²) in [5.41, 5.74) is 3.43. The van der Waals surface area contributed by atoms with Crippen molar-refractivity contribution in [1.82, 2.24) is 14.8 Å². The van der Waals surface area contributed by atoms with Gasteiger partial charge in [0.2, 0.25) is 5.91 Å². The molecule has 1 heterocycles. The maximum Gasteiger partial charge on any atom is 0.416 e. The molecule has 43 heavy (non-hydrogen) atoms. The lowest BCUT2D eigenvalue weighted by molar-refractivity contribution is -0.137. The van der Waals surface area contributed by atoms with Gasteiger partial charge < -0.3 is 14.8 Å².